The number of nitrogens with one attached hydrogen (secondary N) is 1. The van der Waals surface area contributed by atoms with Gasteiger partial charge in [0.2, 0.25) is 0 Å². The highest BCUT2D eigenvalue weighted by Crippen LogP contribution is 2.17. The molecule has 1 N–H and O–H groups in total. The van der Waals surface area contributed by atoms with E-state index in [4.69, 9.17) is 11.6 Å². The molecule has 1 aliphatic rings. The Labute approximate surface area is 113 Å². The number of halogens is 3. The maximum absolute atomic E-state index is 13.6. The number of hydrogen-bond donors (Lipinski definition) is 1. The topological polar surface area (TPSA) is 15.3 Å². The molecule has 2 rings (SSSR count). The van der Waals surface area contributed by atoms with Gasteiger partial charge in [0.15, 0.2) is 0 Å². The Bertz CT molecular complexity index is 374. The fourth-order valence-electron chi connectivity index (χ4n) is 1.99. The van der Waals surface area contributed by atoms with E-state index in [0.717, 1.165) is 25.2 Å². The number of piperazine rings is 1. The molecule has 0 aromatic heterocycles. The molecule has 17 heavy (non-hydrogen) atoms. The number of hydrogen-bond acceptors (Lipinski definition) is 2. The fraction of sp³-hybridized carbons (Fsp3) is 0.500. The van der Waals surface area contributed by atoms with Crippen LogP contribution in [0.3, 0.4) is 0 Å². The summed E-state index contributed by atoms with van der Waals surface area (Å²) in [6, 6.07) is 5.34. The van der Waals surface area contributed by atoms with Crippen molar-refractivity contribution < 1.29 is 4.39 Å². The second-order valence-electron chi connectivity index (χ2n) is 4.26. The highest BCUT2D eigenvalue weighted by atomic mass is 35.5. The first-order valence-electron chi connectivity index (χ1n) is 5.55. The van der Waals surface area contributed by atoms with Crippen LogP contribution in [0.15, 0.2) is 18.2 Å². The third-order valence-electron chi connectivity index (χ3n) is 3.03. The largest absolute Gasteiger partial charge is 0.314 e. The van der Waals surface area contributed by atoms with Crippen molar-refractivity contribution in [2.45, 2.75) is 19.5 Å². The van der Waals surface area contributed by atoms with Crippen LogP contribution in [0.1, 0.15) is 12.5 Å². The van der Waals surface area contributed by atoms with Crippen molar-refractivity contribution >= 4 is 24.0 Å². The average Bonchev–Trinajstić information content (AvgIpc) is 2.25. The molecule has 0 unspecified atom stereocenters. The Morgan fingerprint density at radius 3 is 2.94 bits per heavy atom. The Balaban J connectivity index is 0.00000144. The number of rotatable bonds is 2. The van der Waals surface area contributed by atoms with E-state index < -0.39 is 0 Å². The molecule has 0 amide bonds. The van der Waals surface area contributed by atoms with Crippen molar-refractivity contribution in [1.82, 2.24) is 10.2 Å². The molecule has 1 fully saturated rings. The third kappa shape index (κ3) is 3.81. The molecule has 2 nitrogen and oxygen atoms in total. The molecule has 0 bridgehead atoms. The summed E-state index contributed by atoms with van der Waals surface area (Å²) < 4.78 is 13.6. The van der Waals surface area contributed by atoms with E-state index in [1.165, 1.54) is 6.07 Å². The summed E-state index contributed by atoms with van der Waals surface area (Å²) >= 11 is 5.72. The van der Waals surface area contributed by atoms with Crippen LogP contribution in [0.25, 0.3) is 0 Å². The molecule has 1 heterocycles. The first-order chi connectivity index (χ1) is 7.66. The summed E-state index contributed by atoms with van der Waals surface area (Å²) in [6.45, 7) is 5.71. The Morgan fingerprint density at radius 2 is 2.29 bits per heavy atom. The Hall–Kier alpha value is -0.350. The highest BCUT2D eigenvalue weighted by molar-refractivity contribution is 6.30. The SMILES string of the molecule is C[C@@H]1CNCCN1Cc1ccc(Cl)cc1F.Cl. The smallest absolute Gasteiger partial charge is 0.129 e. The first kappa shape index (κ1) is 14.7. The van der Waals surface area contributed by atoms with Crippen LogP contribution in [0.4, 0.5) is 4.39 Å². The van der Waals surface area contributed by atoms with Gasteiger partial charge < -0.3 is 5.32 Å². The van der Waals surface area contributed by atoms with Gasteiger partial charge >= 0.3 is 0 Å². The normalized spacial score (nSPS) is 21.0. The zero-order chi connectivity index (χ0) is 11.5. The molecular formula is C12H17Cl2FN2. The molecular weight excluding hydrogens is 262 g/mol. The lowest BCUT2D eigenvalue weighted by atomic mass is 10.1. The van der Waals surface area contributed by atoms with Crippen molar-refractivity contribution in [3.05, 3.63) is 34.6 Å². The van der Waals surface area contributed by atoms with Crippen LogP contribution in [0, 0.1) is 5.82 Å². The lowest BCUT2D eigenvalue weighted by Gasteiger charge is -2.33. The van der Waals surface area contributed by atoms with Gasteiger partial charge in [-0.25, -0.2) is 4.39 Å². The zero-order valence-electron chi connectivity index (χ0n) is 9.75. The first-order valence-corrected chi connectivity index (χ1v) is 5.93. The summed E-state index contributed by atoms with van der Waals surface area (Å²) in [5, 5.41) is 3.77. The van der Waals surface area contributed by atoms with Gasteiger partial charge in [0.05, 0.1) is 0 Å². The molecule has 0 aliphatic carbocycles. The minimum Gasteiger partial charge on any atom is -0.314 e. The van der Waals surface area contributed by atoms with Crippen LogP contribution >= 0.6 is 24.0 Å². The Morgan fingerprint density at radius 1 is 1.53 bits per heavy atom. The van der Waals surface area contributed by atoms with Gasteiger partial charge in [-0.3, -0.25) is 4.90 Å². The van der Waals surface area contributed by atoms with Crippen molar-refractivity contribution in [1.29, 1.82) is 0 Å². The van der Waals surface area contributed by atoms with Crippen molar-refractivity contribution in [2.24, 2.45) is 0 Å². The van der Waals surface area contributed by atoms with Gasteiger partial charge in [-0.15, -0.1) is 12.4 Å². The fourth-order valence-corrected chi connectivity index (χ4v) is 2.15. The highest BCUT2D eigenvalue weighted by Gasteiger charge is 2.18. The molecule has 5 heteroatoms. The third-order valence-corrected chi connectivity index (χ3v) is 3.26. The second-order valence-corrected chi connectivity index (χ2v) is 4.70. The molecule has 1 aromatic carbocycles. The summed E-state index contributed by atoms with van der Waals surface area (Å²) in [4.78, 5) is 2.28. The van der Waals surface area contributed by atoms with Gasteiger partial charge in [0, 0.05) is 42.8 Å². The van der Waals surface area contributed by atoms with Gasteiger partial charge in [-0.1, -0.05) is 17.7 Å². The van der Waals surface area contributed by atoms with Crippen LogP contribution in [-0.4, -0.2) is 30.6 Å². The van der Waals surface area contributed by atoms with Gasteiger partial charge in [0.25, 0.3) is 0 Å². The minimum atomic E-state index is -0.210. The molecule has 96 valence electrons. The van der Waals surface area contributed by atoms with Crippen molar-refractivity contribution in [3.63, 3.8) is 0 Å². The van der Waals surface area contributed by atoms with Crippen LogP contribution < -0.4 is 5.32 Å². The van der Waals surface area contributed by atoms with Crippen LogP contribution in [-0.2, 0) is 6.54 Å². The monoisotopic (exact) mass is 278 g/mol. The van der Waals surface area contributed by atoms with Gasteiger partial charge in [-0.05, 0) is 19.1 Å². The Kier molecular flexibility index (Phi) is 5.67. The number of benzene rings is 1. The average molecular weight is 279 g/mol. The van der Waals surface area contributed by atoms with E-state index in [2.05, 4.69) is 17.1 Å². The molecule has 0 saturated carbocycles. The van der Waals surface area contributed by atoms with E-state index in [9.17, 15) is 4.39 Å². The van der Waals surface area contributed by atoms with E-state index in [1.54, 1.807) is 12.1 Å². The summed E-state index contributed by atoms with van der Waals surface area (Å²) in [5.74, 6) is -0.210. The van der Waals surface area contributed by atoms with Gasteiger partial charge in [0.1, 0.15) is 5.82 Å². The predicted octanol–water partition coefficient (Wildman–Crippen LogP) is 2.69. The molecule has 0 spiro atoms. The van der Waals surface area contributed by atoms with Crippen molar-refractivity contribution in [2.75, 3.05) is 19.6 Å². The predicted molar refractivity (Wildman–Crippen MR) is 71.4 cm³/mol. The maximum Gasteiger partial charge on any atom is 0.129 e. The zero-order valence-corrected chi connectivity index (χ0v) is 11.3. The molecule has 1 aliphatic heterocycles. The molecule has 1 atom stereocenters. The van der Waals surface area contributed by atoms with E-state index >= 15 is 0 Å². The molecule has 0 radical (unpaired) electrons. The molecule has 1 aromatic rings. The lowest BCUT2D eigenvalue weighted by Crippen LogP contribution is -2.49. The van der Waals surface area contributed by atoms with Crippen molar-refractivity contribution in [3.8, 4) is 0 Å². The van der Waals surface area contributed by atoms with E-state index in [0.29, 0.717) is 17.6 Å². The summed E-state index contributed by atoms with van der Waals surface area (Å²) in [5.41, 5.74) is 0.721. The van der Waals surface area contributed by atoms with E-state index in [-0.39, 0.29) is 18.2 Å². The second kappa shape index (κ2) is 6.55. The lowest BCUT2D eigenvalue weighted by molar-refractivity contribution is 0.164. The summed E-state index contributed by atoms with van der Waals surface area (Å²) in [6.07, 6.45) is 0. The minimum absolute atomic E-state index is 0. The summed E-state index contributed by atoms with van der Waals surface area (Å²) in [7, 11) is 0. The quantitative estimate of drug-likeness (QED) is 0.895. The van der Waals surface area contributed by atoms with Gasteiger partial charge in [-0.2, -0.15) is 0 Å². The number of nitrogens with zero attached hydrogens (tertiary/aromatic N) is 1. The van der Waals surface area contributed by atoms with Crippen LogP contribution in [0.5, 0.6) is 0 Å². The maximum atomic E-state index is 13.6. The van der Waals surface area contributed by atoms with Crippen LogP contribution in [0.2, 0.25) is 5.02 Å². The molecule has 1 saturated heterocycles. The standard InChI is InChI=1S/C12H16ClFN2.ClH/c1-9-7-15-4-5-16(9)8-10-2-3-11(13)6-12(10)14;/h2-3,6,9,15H,4-5,7-8H2,1H3;1H/t9-;/m1./s1. The van der Waals surface area contributed by atoms with E-state index in [1.807, 2.05) is 0 Å².